The Morgan fingerprint density at radius 2 is 2.14 bits per heavy atom. The Morgan fingerprint density at radius 3 is 2.81 bits per heavy atom. The van der Waals surface area contributed by atoms with Gasteiger partial charge in [-0.15, -0.1) is 11.3 Å². The lowest BCUT2D eigenvalue weighted by molar-refractivity contribution is -0.122. The van der Waals surface area contributed by atoms with Crippen LogP contribution in [0.3, 0.4) is 0 Å². The van der Waals surface area contributed by atoms with Gasteiger partial charge in [0.25, 0.3) is 0 Å². The van der Waals surface area contributed by atoms with Gasteiger partial charge in [0, 0.05) is 11.3 Å². The first kappa shape index (κ1) is 14.8. The molecule has 2 aromatic rings. The SMILES string of the molecule is O=C(CCc1ccsc1)NC(c1cccs1)C1CCCC1. The summed E-state index contributed by atoms with van der Waals surface area (Å²) in [5.41, 5.74) is 1.27. The van der Waals surface area contributed by atoms with Gasteiger partial charge in [-0.25, -0.2) is 0 Å². The Labute approximate surface area is 134 Å². The molecule has 0 aromatic carbocycles. The van der Waals surface area contributed by atoms with Gasteiger partial charge in [0.2, 0.25) is 5.91 Å². The van der Waals surface area contributed by atoms with Crippen LogP contribution in [0, 0.1) is 5.92 Å². The molecule has 1 N–H and O–H groups in total. The van der Waals surface area contributed by atoms with Crippen molar-refractivity contribution in [3.8, 4) is 0 Å². The molecule has 1 atom stereocenters. The number of nitrogens with one attached hydrogen (secondary N) is 1. The van der Waals surface area contributed by atoms with E-state index < -0.39 is 0 Å². The first-order valence-electron chi connectivity index (χ1n) is 7.67. The van der Waals surface area contributed by atoms with Crippen LogP contribution in [0.2, 0.25) is 0 Å². The molecule has 4 heteroatoms. The first-order valence-corrected chi connectivity index (χ1v) is 9.49. The molecule has 2 aromatic heterocycles. The number of aryl methyl sites for hydroxylation is 1. The third-order valence-electron chi connectivity index (χ3n) is 4.26. The fraction of sp³-hybridized carbons (Fsp3) is 0.471. The summed E-state index contributed by atoms with van der Waals surface area (Å²) in [7, 11) is 0. The molecular weight excluding hydrogens is 298 g/mol. The predicted octanol–water partition coefficient (Wildman–Crippen LogP) is 4.79. The zero-order chi connectivity index (χ0) is 14.5. The Kier molecular flexibility index (Phi) is 5.09. The van der Waals surface area contributed by atoms with Crippen molar-refractivity contribution < 1.29 is 4.79 Å². The Bertz CT molecular complexity index is 541. The minimum Gasteiger partial charge on any atom is -0.348 e. The van der Waals surface area contributed by atoms with Crippen LogP contribution in [-0.2, 0) is 11.2 Å². The number of amides is 1. The monoisotopic (exact) mass is 319 g/mol. The molecule has 0 spiro atoms. The Morgan fingerprint density at radius 1 is 1.29 bits per heavy atom. The molecular formula is C17H21NOS2. The second kappa shape index (κ2) is 7.23. The Balaban J connectivity index is 1.59. The number of hydrogen-bond acceptors (Lipinski definition) is 3. The van der Waals surface area contributed by atoms with Gasteiger partial charge >= 0.3 is 0 Å². The van der Waals surface area contributed by atoms with Crippen molar-refractivity contribution in [3.63, 3.8) is 0 Å². The third-order valence-corrected chi connectivity index (χ3v) is 5.95. The van der Waals surface area contributed by atoms with Gasteiger partial charge in [-0.1, -0.05) is 18.9 Å². The minimum atomic E-state index is 0.187. The van der Waals surface area contributed by atoms with E-state index in [1.54, 1.807) is 22.7 Å². The van der Waals surface area contributed by atoms with E-state index in [1.165, 1.54) is 36.1 Å². The highest BCUT2D eigenvalue weighted by Crippen LogP contribution is 2.37. The molecule has 2 heterocycles. The van der Waals surface area contributed by atoms with E-state index in [2.05, 4.69) is 39.7 Å². The summed E-state index contributed by atoms with van der Waals surface area (Å²) in [4.78, 5) is 13.6. The molecule has 112 valence electrons. The van der Waals surface area contributed by atoms with Crippen molar-refractivity contribution in [2.75, 3.05) is 0 Å². The zero-order valence-corrected chi connectivity index (χ0v) is 13.7. The third kappa shape index (κ3) is 3.95. The van der Waals surface area contributed by atoms with Gasteiger partial charge in [-0.05, 0) is 59.0 Å². The van der Waals surface area contributed by atoms with E-state index in [0.29, 0.717) is 12.3 Å². The van der Waals surface area contributed by atoms with Gasteiger partial charge in [-0.2, -0.15) is 11.3 Å². The summed E-state index contributed by atoms with van der Waals surface area (Å²) >= 11 is 3.46. The van der Waals surface area contributed by atoms with Crippen LogP contribution in [0.1, 0.15) is 48.6 Å². The molecule has 0 saturated heterocycles. The van der Waals surface area contributed by atoms with E-state index in [9.17, 15) is 4.79 Å². The summed E-state index contributed by atoms with van der Waals surface area (Å²) in [6.45, 7) is 0. The van der Waals surface area contributed by atoms with Crippen molar-refractivity contribution in [1.29, 1.82) is 0 Å². The fourth-order valence-electron chi connectivity index (χ4n) is 3.12. The average molecular weight is 319 g/mol. The minimum absolute atomic E-state index is 0.187. The van der Waals surface area contributed by atoms with Crippen molar-refractivity contribution in [1.82, 2.24) is 5.32 Å². The number of carbonyl (C=O) groups excluding carboxylic acids is 1. The maximum absolute atomic E-state index is 12.3. The highest BCUT2D eigenvalue weighted by molar-refractivity contribution is 7.10. The van der Waals surface area contributed by atoms with E-state index in [0.717, 1.165) is 6.42 Å². The quantitative estimate of drug-likeness (QED) is 0.815. The summed E-state index contributed by atoms with van der Waals surface area (Å²) in [6.07, 6.45) is 6.53. The predicted molar refractivity (Wildman–Crippen MR) is 89.8 cm³/mol. The first-order chi connectivity index (χ1) is 10.3. The lowest BCUT2D eigenvalue weighted by Crippen LogP contribution is -2.32. The summed E-state index contributed by atoms with van der Waals surface area (Å²) in [5, 5.41) is 9.60. The average Bonchev–Trinajstić information content (AvgIpc) is 3.26. The number of thiophene rings is 2. The zero-order valence-electron chi connectivity index (χ0n) is 12.1. The van der Waals surface area contributed by atoms with E-state index in [-0.39, 0.29) is 11.9 Å². The molecule has 21 heavy (non-hydrogen) atoms. The topological polar surface area (TPSA) is 29.1 Å². The summed E-state index contributed by atoms with van der Waals surface area (Å²) < 4.78 is 0. The fourth-order valence-corrected chi connectivity index (χ4v) is 4.69. The molecule has 1 unspecified atom stereocenters. The number of rotatable bonds is 6. The highest BCUT2D eigenvalue weighted by Gasteiger charge is 2.28. The molecule has 3 rings (SSSR count). The molecule has 0 bridgehead atoms. The molecule has 1 aliphatic carbocycles. The van der Waals surface area contributed by atoms with Crippen LogP contribution in [-0.4, -0.2) is 5.91 Å². The number of carbonyl (C=O) groups is 1. The summed E-state index contributed by atoms with van der Waals surface area (Å²) in [5.74, 6) is 0.806. The molecule has 0 aliphatic heterocycles. The van der Waals surface area contributed by atoms with Gasteiger partial charge < -0.3 is 5.32 Å². The van der Waals surface area contributed by atoms with Crippen molar-refractivity contribution in [2.45, 2.75) is 44.6 Å². The van der Waals surface area contributed by atoms with Gasteiger partial charge in [0.15, 0.2) is 0 Å². The largest absolute Gasteiger partial charge is 0.348 e. The van der Waals surface area contributed by atoms with Crippen molar-refractivity contribution >= 4 is 28.6 Å². The van der Waals surface area contributed by atoms with Crippen LogP contribution < -0.4 is 5.32 Å². The standard InChI is InChI=1S/C17H21NOS2/c19-16(8-7-13-9-11-20-12-13)18-17(14-4-1-2-5-14)15-6-3-10-21-15/h3,6,9-12,14,17H,1-2,4-5,7-8H2,(H,18,19). The lowest BCUT2D eigenvalue weighted by Gasteiger charge is -2.23. The molecule has 2 nitrogen and oxygen atoms in total. The van der Waals surface area contributed by atoms with E-state index in [4.69, 9.17) is 0 Å². The Hall–Kier alpha value is -1.13. The van der Waals surface area contributed by atoms with Crippen LogP contribution >= 0.6 is 22.7 Å². The smallest absolute Gasteiger partial charge is 0.220 e. The van der Waals surface area contributed by atoms with Crippen LogP contribution in [0.5, 0.6) is 0 Å². The van der Waals surface area contributed by atoms with Gasteiger partial charge in [-0.3, -0.25) is 4.79 Å². The van der Waals surface area contributed by atoms with Crippen molar-refractivity contribution in [3.05, 3.63) is 44.8 Å². The maximum Gasteiger partial charge on any atom is 0.220 e. The van der Waals surface area contributed by atoms with Gasteiger partial charge in [0.05, 0.1) is 6.04 Å². The number of hydrogen-bond donors (Lipinski definition) is 1. The maximum atomic E-state index is 12.3. The normalized spacial score (nSPS) is 17.0. The van der Waals surface area contributed by atoms with Gasteiger partial charge in [0.1, 0.15) is 0 Å². The molecule has 1 aliphatic rings. The lowest BCUT2D eigenvalue weighted by atomic mass is 9.96. The van der Waals surface area contributed by atoms with Crippen LogP contribution in [0.15, 0.2) is 34.3 Å². The second-order valence-electron chi connectivity index (χ2n) is 5.74. The molecule has 1 saturated carbocycles. The van der Waals surface area contributed by atoms with E-state index >= 15 is 0 Å². The van der Waals surface area contributed by atoms with Crippen LogP contribution in [0.25, 0.3) is 0 Å². The summed E-state index contributed by atoms with van der Waals surface area (Å²) in [6, 6.07) is 6.57. The van der Waals surface area contributed by atoms with E-state index in [1.807, 2.05) is 0 Å². The molecule has 1 amide bonds. The highest BCUT2D eigenvalue weighted by atomic mass is 32.1. The van der Waals surface area contributed by atoms with Crippen LogP contribution in [0.4, 0.5) is 0 Å². The molecule has 1 fully saturated rings. The van der Waals surface area contributed by atoms with Crippen molar-refractivity contribution in [2.24, 2.45) is 5.92 Å². The molecule has 0 radical (unpaired) electrons. The second-order valence-corrected chi connectivity index (χ2v) is 7.50.